The van der Waals surface area contributed by atoms with Crippen LogP contribution in [0.15, 0.2) is 60.0 Å². The Hall–Kier alpha value is -3.75. The van der Waals surface area contributed by atoms with E-state index < -0.39 is 23.8 Å². The van der Waals surface area contributed by atoms with Crippen molar-refractivity contribution in [1.29, 1.82) is 0 Å². The summed E-state index contributed by atoms with van der Waals surface area (Å²) in [5, 5.41) is 5.59. The van der Waals surface area contributed by atoms with Gasteiger partial charge in [0.15, 0.2) is 0 Å². The Kier molecular flexibility index (Phi) is 4.88. The van der Waals surface area contributed by atoms with Gasteiger partial charge in [0.1, 0.15) is 11.8 Å². The molecule has 9 heteroatoms. The number of amides is 3. The van der Waals surface area contributed by atoms with E-state index in [1.807, 2.05) is 6.07 Å². The molecule has 26 heavy (non-hydrogen) atoms. The summed E-state index contributed by atoms with van der Waals surface area (Å²) in [5.74, 6) is -1.73. The largest absolute Gasteiger partial charge is 0.368 e. The molecule has 0 aliphatic carbocycles. The summed E-state index contributed by atoms with van der Waals surface area (Å²) in [5.41, 5.74) is 11.0. The van der Waals surface area contributed by atoms with Crippen LogP contribution >= 0.6 is 0 Å². The van der Waals surface area contributed by atoms with E-state index in [1.165, 1.54) is 17.4 Å². The highest BCUT2D eigenvalue weighted by Crippen LogP contribution is 2.24. The molecule has 2 heterocycles. The number of aromatic nitrogens is 1. The third kappa shape index (κ3) is 3.66. The molecular formula is C17H16N6O3. The molecule has 3 rings (SSSR count). The Morgan fingerprint density at radius 1 is 1.04 bits per heavy atom. The van der Waals surface area contributed by atoms with Gasteiger partial charge in [-0.2, -0.15) is 5.10 Å². The van der Waals surface area contributed by atoms with E-state index in [9.17, 15) is 14.4 Å². The lowest BCUT2D eigenvalue weighted by molar-refractivity contribution is -0.119. The third-order valence-electron chi connectivity index (χ3n) is 3.73. The fourth-order valence-electron chi connectivity index (χ4n) is 2.44. The van der Waals surface area contributed by atoms with Gasteiger partial charge in [0.05, 0.1) is 11.3 Å². The lowest BCUT2D eigenvalue weighted by Crippen LogP contribution is -2.45. The number of hydrazone groups is 1. The molecule has 2 aromatic rings. The van der Waals surface area contributed by atoms with Gasteiger partial charge in [-0.05, 0) is 24.3 Å². The number of hydrogen-bond donors (Lipinski definition) is 3. The second-order valence-electron chi connectivity index (χ2n) is 5.50. The van der Waals surface area contributed by atoms with Crippen LogP contribution in [-0.4, -0.2) is 34.5 Å². The van der Waals surface area contributed by atoms with E-state index in [1.54, 1.807) is 36.4 Å². The zero-order valence-corrected chi connectivity index (χ0v) is 13.6. The van der Waals surface area contributed by atoms with Crippen LogP contribution < -0.4 is 21.6 Å². The molecule has 4 N–H and O–H groups in total. The Morgan fingerprint density at radius 2 is 1.77 bits per heavy atom. The molecule has 132 valence electrons. The second-order valence-corrected chi connectivity index (χ2v) is 5.50. The minimum absolute atomic E-state index is 0.0405. The molecule has 0 radical (unpaired) electrons. The van der Waals surface area contributed by atoms with Gasteiger partial charge < -0.3 is 5.73 Å². The predicted molar refractivity (Wildman–Crippen MR) is 93.8 cm³/mol. The molecule has 0 unspecified atom stereocenters. The summed E-state index contributed by atoms with van der Waals surface area (Å²) in [6, 6.07) is 11.3. The van der Waals surface area contributed by atoms with Crippen LogP contribution in [0.5, 0.6) is 0 Å². The van der Waals surface area contributed by atoms with E-state index in [4.69, 9.17) is 5.73 Å². The summed E-state index contributed by atoms with van der Waals surface area (Å²) >= 11 is 0. The molecule has 1 aliphatic rings. The van der Waals surface area contributed by atoms with E-state index in [0.29, 0.717) is 11.3 Å². The number of hydrazine groups is 1. The van der Waals surface area contributed by atoms with Crippen LogP contribution in [0.4, 0.5) is 5.69 Å². The van der Waals surface area contributed by atoms with E-state index in [0.717, 1.165) is 0 Å². The molecule has 0 saturated carbocycles. The van der Waals surface area contributed by atoms with Crippen molar-refractivity contribution in [3.8, 4) is 0 Å². The van der Waals surface area contributed by atoms with E-state index in [2.05, 4.69) is 20.9 Å². The van der Waals surface area contributed by atoms with Crippen LogP contribution in [0.25, 0.3) is 0 Å². The Labute approximate surface area is 148 Å². The molecule has 1 aliphatic heterocycles. The van der Waals surface area contributed by atoms with Gasteiger partial charge >= 0.3 is 0 Å². The van der Waals surface area contributed by atoms with Gasteiger partial charge in [-0.15, -0.1) is 0 Å². The SMILES string of the molecule is NC(=O)[C@@H]1CC(C(=O)NNC(=O)c2cccnc2)=NN1c1ccccc1. The molecule has 0 spiro atoms. The maximum Gasteiger partial charge on any atom is 0.285 e. The summed E-state index contributed by atoms with van der Waals surface area (Å²) in [4.78, 5) is 39.7. The number of pyridine rings is 1. The first-order chi connectivity index (χ1) is 12.6. The van der Waals surface area contributed by atoms with E-state index >= 15 is 0 Å². The first-order valence-electron chi connectivity index (χ1n) is 7.78. The van der Waals surface area contributed by atoms with Crippen LogP contribution in [0, 0.1) is 0 Å². The van der Waals surface area contributed by atoms with Crippen molar-refractivity contribution >= 4 is 29.1 Å². The van der Waals surface area contributed by atoms with Crippen molar-refractivity contribution in [3.63, 3.8) is 0 Å². The van der Waals surface area contributed by atoms with Crippen molar-refractivity contribution in [3.05, 3.63) is 60.4 Å². The van der Waals surface area contributed by atoms with Crippen molar-refractivity contribution in [1.82, 2.24) is 15.8 Å². The van der Waals surface area contributed by atoms with E-state index in [-0.39, 0.29) is 12.1 Å². The molecule has 3 amide bonds. The molecule has 9 nitrogen and oxygen atoms in total. The zero-order chi connectivity index (χ0) is 18.5. The number of benzene rings is 1. The van der Waals surface area contributed by atoms with Gasteiger partial charge in [0, 0.05) is 18.8 Å². The number of nitrogens with zero attached hydrogens (tertiary/aromatic N) is 3. The molecule has 1 atom stereocenters. The first-order valence-corrected chi connectivity index (χ1v) is 7.78. The van der Waals surface area contributed by atoms with Crippen LogP contribution in [0.2, 0.25) is 0 Å². The van der Waals surface area contributed by atoms with Crippen molar-refractivity contribution < 1.29 is 14.4 Å². The molecule has 1 aromatic heterocycles. The van der Waals surface area contributed by atoms with Gasteiger partial charge in [-0.3, -0.25) is 35.2 Å². The fourth-order valence-corrected chi connectivity index (χ4v) is 2.44. The summed E-state index contributed by atoms with van der Waals surface area (Å²) in [6.07, 6.45) is 2.94. The van der Waals surface area contributed by atoms with Crippen molar-refractivity contribution in [2.45, 2.75) is 12.5 Å². The Morgan fingerprint density at radius 3 is 2.42 bits per heavy atom. The standard InChI is InChI=1S/C17H16N6O3/c18-15(24)14-9-13(22-23(14)12-6-2-1-3-7-12)17(26)21-20-16(25)11-5-4-8-19-10-11/h1-8,10,14H,9H2,(H2,18,24)(H,20,25)(H,21,26)/t14-/m0/s1. The molecule has 0 fully saturated rings. The number of carbonyl (C=O) groups excluding carboxylic acids is 3. The van der Waals surface area contributed by atoms with Crippen LogP contribution in [0.3, 0.4) is 0 Å². The van der Waals surface area contributed by atoms with Gasteiger partial charge in [0.2, 0.25) is 5.91 Å². The first kappa shape index (κ1) is 17.1. The summed E-state index contributed by atoms with van der Waals surface area (Å²) in [6.45, 7) is 0. The topological polar surface area (TPSA) is 130 Å². The summed E-state index contributed by atoms with van der Waals surface area (Å²) in [7, 11) is 0. The second kappa shape index (κ2) is 7.43. The number of nitrogens with two attached hydrogens (primary N) is 1. The van der Waals surface area contributed by atoms with Crippen LogP contribution in [0.1, 0.15) is 16.8 Å². The Balaban J connectivity index is 1.69. The fraction of sp³-hybridized carbons (Fsp3) is 0.118. The Bertz CT molecular complexity index is 853. The quantitative estimate of drug-likeness (QED) is 0.665. The highest BCUT2D eigenvalue weighted by atomic mass is 16.2. The normalized spacial score (nSPS) is 15.9. The predicted octanol–water partition coefficient (Wildman–Crippen LogP) is -0.0372. The minimum Gasteiger partial charge on any atom is -0.368 e. The van der Waals surface area contributed by atoms with Gasteiger partial charge in [-0.25, -0.2) is 0 Å². The number of anilines is 1. The maximum atomic E-state index is 12.3. The molecule has 1 aromatic carbocycles. The highest BCUT2D eigenvalue weighted by Gasteiger charge is 2.35. The number of nitrogens with one attached hydrogen (secondary N) is 2. The average molecular weight is 352 g/mol. The number of carbonyl (C=O) groups is 3. The smallest absolute Gasteiger partial charge is 0.285 e. The molecular weight excluding hydrogens is 336 g/mol. The number of para-hydroxylation sites is 1. The molecule has 0 saturated heterocycles. The van der Waals surface area contributed by atoms with Crippen molar-refractivity contribution in [2.24, 2.45) is 10.8 Å². The third-order valence-corrected chi connectivity index (χ3v) is 3.73. The number of rotatable bonds is 4. The van der Waals surface area contributed by atoms with Gasteiger partial charge in [-0.1, -0.05) is 18.2 Å². The lowest BCUT2D eigenvalue weighted by Gasteiger charge is -2.20. The van der Waals surface area contributed by atoms with Crippen molar-refractivity contribution in [2.75, 3.05) is 5.01 Å². The average Bonchev–Trinajstić information content (AvgIpc) is 3.13. The number of primary amides is 1. The van der Waals surface area contributed by atoms with Crippen LogP contribution in [-0.2, 0) is 9.59 Å². The number of hydrogen-bond acceptors (Lipinski definition) is 6. The maximum absolute atomic E-state index is 12.3. The molecule has 0 bridgehead atoms. The lowest BCUT2D eigenvalue weighted by atomic mass is 10.1. The minimum atomic E-state index is -0.771. The monoisotopic (exact) mass is 352 g/mol. The summed E-state index contributed by atoms with van der Waals surface area (Å²) < 4.78 is 0. The zero-order valence-electron chi connectivity index (χ0n) is 13.6. The van der Waals surface area contributed by atoms with Gasteiger partial charge in [0.25, 0.3) is 11.8 Å². The highest BCUT2D eigenvalue weighted by molar-refractivity contribution is 6.40.